The number of rotatable bonds is 5. The van der Waals surface area contributed by atoms with Gasteiger partial charge < -0.3 is 19.8 Å². The number of morpholine rings is 1. The Morgan fingerprint density at radius 1 is 1.11 bits per heavy atom. The standard InChI is InChI=1S/C20H25N3O4/c1-14-10-15(2)12-16(11-14)22-20(25)19(24)21-13-17(18-4-3-7-27-18)23-5-8-26-9-6-23/h3-4,7,10-12,17H,5-6,8-9,13H2,1-2H3,(H,21,24)(H,22,25). The Morgan fingerprint density at radius 3 is 2.44 bits per heavy atom. The number of nitrogens with one attached hydrogen (secondary N) is 2. The van der Waals surface area contributed by atoms with Gasteiger partial charge in [-0.2, -0.15) is 0 Å². The van der Waals surface area contributed by atoms with Crippen molar-refractivity contribution < 1.29 is 18.7 Å². The van der Waals surface area contributed by atoms with Gasteiger partial charge in [0.05, 0.1) is 25.5 Å². The molecule has 1 saturated heterocycles. The number of anilines is 1. The van der Waals surface area contributed by atoms with Crippen molar-refractivity contribution in [2.45, 2.75) is 19.9 Å². The molecule has 1 aliphatic heterocycles. The molecule has 2 heterocycles. The SMILES string of the molecule is Cc1cc(C)cc(NC(=O)C(=O)NCC(c2ccco2)N2CCOCC2)c1. The van der Waals surface area contributed by atoms with Gasteiger partial charge in [0, 0.05) is 25.3 Å². The fourth-order valence-corrected chi connectivity index (χ4v) is 3.28. The molecule has 0 aliphatic carbocycles. The Kier molecular flexibility index (Phi) is 6.26. The Balaban J connectivity index is 1.60. The highest BCUT2D eigenvalue weighted by atomic mass is 16.5. The van der Waals surface area contributed by atoms with Crippen LogP contribution in [0.5, 0.6) is 0 Å². The average Bonchev–Trinajstić information content (AvgIpc) is 3.16. The van der Waals surface area contributed by atoms with Crippen LogP contribution in [0.25, 0.3) is 0 Å². The van der Waals surface area contributed by atoms with Crippen LogP contribution in [0, 0.1) is 13.8 Å². The number of aryl methyl sites for hydroxylation is 2. The van der Waals surface area contributed by atoms with Gasteiger partial charge in [0.2, 0.25) is 0 Å². The average molecular weight is 371 g/mol. The maximum atomic E-state index is 12.3. The second-order valence-corrected chi connectivity index (χ2v) is 6.72. The van der Waals surface area contributed by atoms with E-state index in [0.717, 1.165) is 30.0 Å². The van der Waals surface area contributed by atoms with Crippen molar-refractivity contribution >= 4 is 17.5 Å². The highest BCUT2D eigenvalue weighted by molar-refractivity contribution is 6.39. The van der Waals surface area contributed by atoms with Gasteiger partial charge in [0.25, 0.3) is 0 Å². The van der Waals surface area contributed by atoms with Gasteiger partial charge in [-0.3, -0.25) is 14.5 Å². The first-order valence-corrected chi connectivity index (χ1v) is 9.05. The molecule has 0 bridgehead atoms. The van der Waals surface area contributed by atoms with E-state index in [4.69, 9.17) is 9.15 Å². The summed E-state index contributed by atoms with van der Waals surface area (Å²) in [4.78, 5) is 26.7. The number of benzene rings is 1. The monoisotopic (exact) mass is 371 g/mol. The Morgan fingerprint density at radius 2 is 1.81 bits per heavy atom. The first-order valence-electron chi connectivity index (χ1n) is 9.05. The molecule has 27 heavy (non-hydrogen) atoms. The number of nitrogens with zero attached hydrogens (tertiary/aromatic N) is 1. The van der Waals surface area contributed by atoms with E-state index in [-0.39, 0.29) is 12.6 Å². The molecular weight excluding hydrogens is 346 g/mol. The summed E-state index contributed by atoms with van der Waals surface area (Å²) in [6.45, 7) is 6.94. The fraction of sp³-hybridized carbons (Fsp3) is 0.400. The van der Waals surface area contributed by atoms with E-state index in [0.29, 0.717) is 18.9 Å². The van der Waals surface area contributed by atoms with Crippen molar-refractivity contribution in [3.63, 3.8) is 0 Å². The summed E-state index contributed by atoms with van der Waals surface area (Å²) in [7, 11) is 0. The van der Waals surface area contributed by atoms with Crippen LogP contribution in [0.4, 0.5) is 5.69 Å². The van der Waals surface area contributed by atoms with Crippen molar-refractivity contribution in [1.82, 2.24) is 10.2 Å². The largest absolute Gasteiger partial charge is 0.468 e. The maximum Gasteiger partial charge on any atom is 0.313 e. The van der Waals surface area contributed by atoms with E-state index >= 15 is 0 Å². The normalized spacial score (nSPS) is 15.9. The smallest absolute Gasteiger partial charge is 0.313 e. The molecule has 2 amide bonds. The van der Waals surface area contributed by atoms with Gasteiger partial charge in [0.1, 0.15) is 5.76 Å². The summed E-state index contributed by atoms with van der Waals surface area (Å²) in [5, 5.41) is 5.38. The summed E-state index contributed by atoms with van der Waals surface area (Å²) < 4.78 is 10.9. The minimum Gasteiger partial charge on any atom is -0.468 e. The molecule has 2 N–H and O–H groups in total. The first-order chi connectivity index (χ1) is 13.0. The van der Waals surface area contributed by atoms with Crippen molar-refractivity contribution in [1.29, 1.82) is 0 Å². The zero-order valence-corrected chi connectivity index (χ0v) is 15.7. The molecule has 7 heteroatoms. The van der Waals surface area contributed by atoms with E-state index in [1.165, 1.54) is 0 Å². The van der Waals surface area contributed by atoms with Crippen LogP contribution in [-0.2, 0) is 14.3 Å². The lowest BCUT2D eigenvalue weighted by molar-refractivity contribution is -0.136. The molecule has 1 aromatic carbocycles. The van der Waals surface area contributed by atoms with E-state index in [9.17, 15) is 9.59 Å². The van der Waals surface area contributed by atoms with Crippen LogP contribution < -0.4 is 10.6 Å². The van der Waals surface area contributed by atoms with Crippen LogP contribution in [0.1, 0.15) is 22.9 Å². The zero-order chi connectivity index (χ0) is 19.2. The summed E-state index contributed by atoms with van der Waals surface area (Å²) in [5.41, 5.74) is 2.66. The third kappa shape index (κ3) is 5.18. The van der Waals surface area contributed by atoms with Crippen LogP contribution in [0.15, 0.2) is 41.0 Å². The molecule has 1 atom stereocenters. The number of carbonyl (C=O) groups excluding carboxylic acids is 2. The van der Waals surface area contributed by atoms with Gasteiger partial charge in [-0.1, -0.05) is 6.07 Å². The minimum absolute atomic E-state index is 0.137. The highest BCUT2D eigenvalue weighted by Crippen LogP contribution is 2.21. The summed E-state index contributed by atoms with van der Waals surface area (Å²) in [5.74, 6) is -0.592. The number of furan rings is 1. The Bertz CT molecular complexity index is 762. The molecule has 0 radical (unpaired) electrons. The Hall–Kier alpha value is -2.64. The molecule has 7 nitrogen and oxygen atoms in total. The van der Waals surface area contributed by atoms with Crippen LogP contribution in [-0.4, -0.2) is 49.6 Å². The fourth-order valence-electron chi connectivity index (χ4n) is 3.28. The van der Waals surface area contributed by atoms with E-state index in [2.05, 4.69) is 15.5 Å². The van der Waals surface area contributed by atoms with Crippen molar-refractivity contribution in [3.05, 3.63) is 53.5 Å². The molecule has 1 aromatic heterocycles. The van der Waals surface area contributed by atoms with Crippen LogP contribution in [0.2, 0.25) is 0 Å². The summed E-state index contributed by atoms with van der Waals surface area (Å²) in [6, 6.07) is 9.22. The molecule has 3 rings (SSSR count). The van der Waals surface area contributed by atoms with Gasteiger partial charge in [0.15, 0.2) is 0 Å². The van der Waals surface area contributed by atoms with E-state index < -0.39 is 11.8 Å². The lowest BCUT2D eigenvalue weighted by Gasteiger charge is -2.33. The first kappa shape index (κ1) is 19.1. The highest BCUT2D eigenvalue weighted by Gasteiger charge is 2.26. The third-order valence-electron chi connectivity index (χ3n) is 4.50. The lowest BCUT2D eigenvalue weighted by atomic mass is 10.1. The number of carbonyl (C=O) groups is 2. The van der Waals surface area contributed by atoms with Crippen molar-refractivity contribution in [3.8, 4) is 0 Å². The predicted molar refractivity (Wildman–Crippen MR) is 101 cm³/mol. The van der Waals surface area contributed by atoms with Gasteiger partial charge in [-0.25, -0.2) is 0 Å². The second-order valence-electron chi connectivity index (χ2n) is 6.72. The van der Waals surface area contributed by atoms with Gasteiger partial charge >= 0.3 is 11.8 Å². The molecule has 1 unspecified atom stereocenters. The quantitative estimate of drug-likeness (QED) is 0.786. The summed E-state index contributed by atoms with van der Waals surface area (Å²) >= 11 is 0. The molecule has 0 spiro atoms. The van der Waals surface area contributed by atoms with Crippen LogP contribution in [0.3, 0.4) is 0 Å². The van der Waals surface area contributed by atoms with E-state index in [1.807, 2.05) is 44.2 Å². The van der Waals surface area contributed by atoms with E-state index in [1.54, 1.807) is 6.26 Å². The lowest BCUT2D eigenvalue weighted by Crippen LogP contribution is -2.45. The Labute approximate surface area is 158 Å². The topological polar surface area (TPSA) is 83.8 Å². The minimum atomic E-state index is -0.680. The third-order valence-corrected chi connectivity index (χ3v) is 4.50. The maximum absolute atomic E-state index is 12.3. The summed E-state index contributed by atoms with van der Waals surface area (Å²) in [6.07, 6.45) is 1.61. The second kappa shape index (κ2) is 8.83. The molecule has 144 valence electrons. The van der Waals surface area contributed by atoms with Crippen molar-refractivity contribution in [2.24, 2.45) is 0 Å². The predicted octanol–water partition coefficient (Wildman–Crippen LogP) is 2.02. The number of amides is 2. The molecular formula is C20H25N3O4. The number of hydrogen-bond acceptors (Lipinski definition) is 5. The van der Waals surface area contributed by atoms with Gasteiger partial charge in [-0.05, 0) is 49.2 Å². The van der Waals surface area contributed by atoms with Gasteiger partial charge in [-0.15, -0.1) is 0 Å². The number of ether oxygens (including phenoxy) is 1. The molecule has 1 fully saturated rings. The van der Waals surface area contributed by atoms with Crippen LogP contribution >= 0.6 is 0 Å². The molecule has 2 aromatic rings. The van der Waals surface area contributed by atoms with Crippen molar-refractivity contribution in [2.75, 3.05) is 38.2 Å². The number of hydrogen-bond donors (Lipinski definition) is 2. The molecule has 1 aliphatic rings. The molecule has 0 saturated carbocycles. The zero-order valence-electron chi connectivity index (χ0n) is 15.7.